The summed E-state index contributed by atoms with van der Waals surface area (Å²) in [6, 6.07) is 12.6. The number of aryl methyl sites for hydroxylation is 3. The molecule has 0 spiro atoms. The first-order valence-electron chi connectivity index (χ1n) is 10.6. The number of rotatable bonds is 10. The topological polar surface area (TPSA) is 12.0 Å². The third-order valence-electron chi connectivity index (χ3n) is 5.25. The highest BCUT2D eigenvalue weighted by molar-refractivity contribution is 5.76. The Labute approximate surface area is 171 Å². The van der Waals surface area contributed by atoms with Gasteiger partial charge in [-0.25, -0.2) is 4.39 Å². The summed E-state index contributed by atoms with van der Waals surface area (Å²) in [5.41, 5.74) is 6.05. The number of benzene rings is 2. The molecule has 1 N–H and O–H groups in total. The van der Waals surface area contributed by atoms with Gasteiger partial charge in [0.05, 0.1) is 0 Å². The van der Waals surface area contributed by atoms with E-state index >= 15 is 0 Å². The molecule has 0 saturated heterocycles. The van der Waals surface area contributed by atoms with E-state index < -0.39 is 5.67 Å². The van der Waals surface area contributed by atoms with Crippen LogP contribution in [0.1, 0.15) is 81.2 Å². The van der Waals surface area contributed by atoms with Crippen LogP contribution in [0.15, 0.2) is 43.0 Å². The zero-order chi connectivity index (χ0) is 20.7. The van der Waals surface area contributed by atoms with Crippen LogP contribution in [-0.2, 0) is 18.5 Å². The van der Waals surface area contributed by atoms with E-state index in [9.17, 15) is 4.39 Å². The van der Waals surface area contributed by atoms with Crippen LogP contribution in [0.2, 0.25) is 0 Å². The summed E-state index contributed by atoms with van der Waals surface area (Å²) in [5.74, 6) is 0. The molecule has 2 aromatic carbocycles. The maximum Gasteiger partial charge on any atom is 0.130 e. The lowest BCUT2D eigenvalue weighted by Gasteiger charge is -2.19. The predicted octanol–water partition coefficient (Wildman–Crippen LogP) is 7.97. The lowest BCUT2D eigenvalue weighted by Crippen LogP contribution is -2.11. The van der Waals surface area contributed by atoms with Crippen molar-refractivity contribution < 1.29 is 4.39 Å². The van der Waals surface area contributed by atoms with Crippen LogP contribution >= 0.6 is 0 Å². The summed E-state index contributed by atoms with van der Waals surface area (Å²) < 4.78 is 14.6. The van der Waals surface area contributed by atoms with Gasteiger partial charge in [0.15, 0.2) is 0 Å². The third-order valence-corrected chi connectivity index (χ3v) is 5.25. The Bertz CT molecular complexity index is 799. The molecule has 0 fully saturated rings. The Hall–Kier alpha value is -2.09. The van der Waals surface area contributed by atoms with Gasteiger partial charge in [-0.3, -0.25) is 0 Å². The monoisotopic (exact) mass is 381 g/mol. The number of halogens is 1. The fourth-order valence-corrected chi connectivity index (χ4v) is 3.51. The molecule has 0 aromatic heterocycles. The largest absolute Gasteiger partial charge is 0.356 e. The first kappa shape index (κ1) is 22.2. The molecule has 0 unspecified atom stereocenters. The van der Waals surface area contributed by atoms with Gasteiger partial charge < -0.3 is 5.32 Å². The SMILES string of the molecule is C=C(Nc1cc(CCCCC)cc(C(C)(C)F)c1)c1ccc(CCC)c(C)c1. The van der Waals surface area contributed by atoms with Crippen molar-refractivity contribution >= 4 is 11.4 Å². The lowest BCUT2D eigenvalue weighted by molar-refractivity contribution is 0.221. The average molecular weight is 382 g/mol. The normalized spacial score (nSPS) is 11.5. The van der Waals surface area contributed by atoms with Crippen molar-refractivity contribution in [3.8, 4) is 0 Å². The van der Waals surface area contributed by atoms with Gasteiger partial charge in [-0.05, 0) is 86.1 Å². The highest BCUT2D eigenvalue weighted by Crippen LogP contribution is 2.30. The second-order valence-corrected chi connectivity index (χ2v) is 8.34. The Morgan fingerprint density at radius 3 is 2.36 bits per heavy atom. The Morgan fingerprint density at radius 2 is 1.75 bits per heavy atom. The molecule has 152 valence electrons. The zero-order valence-electron chi connectivity index (χ0n) is 18.3. The smallest absolute Gasteiger partial charge is 0.130 e. The van der Waals surface area contributed by atoms with Gasteiger partial charge in [-0.1, -0.05) is 57.9 Å². The minimum absolute atomic E-state index is 0.714. The highest BCUT2D eigenvalue weighted by atomic mass is 19.1. The highest BCUT2D eigenvalue weighted by Gasteiger charge is 2.20. The minimum Gasteiger partial charge on any atom is -0.356 e. The molecule has 0 heterocycles. The molecule has 2 rings (SSSR count). The van der Waals surface area contributed by atoms with Crippen molar-refractivity contribution in [1.82, 2.24) is 0 Å². The van der Waals surface area contributed by atoms with E-state index in [0.717, 1.165) is 42.6 Å². The van der Waals surface area contributed by atoms with E-state index in [0.29, 0.717) is 5.56 Å². The van der Waals surface area contributed by atoms with Gasteiger partial charge in [-0.2, -0.15) is 0 Å². The van der Waals surface area contributed by atoms with Crippen molar-refractivity contribution in [1.29, 1.82) is 0 Å². The molecular weight excluding hydrogens is 345 g/mol. The maximum atomic E-state index is 14.6. The van der Waals surface area contributed by atoms with Crippen molar-refractivity contribution in [3.05, 3.63) is 70.8 Å². The average Bonchev–Trinajstić information content (AvgIpc) is 2.63. The predicted molar refractivity (Wildman–Crippen MR) is 122 cm³/mol. The summed E-state index contributed by atoms with van der Waals surface area (Å²) in [4.78, 5) is 0. The molecule has 1 nitrogen and oxygen atoms in total. The van der Waals surface area contributed by atoms with Crippen LogP contribution in [0, 0.1) is 6.92 Å². The van der Waals surface area contributed by atoms with E-state index in [4.69, 9.17) is 0 Å². The maximum absolute atomic E-state index is 14.6. The lowest BCUT2D eigenvalue weighted by atomic mass is 9.95. The van der Waals surface area contributed by atoms with E-state index in [-0.39, 0.29) is 0 Å². The fourth-order valence-electron chi connectivity index (χ4n) is 3.51. The number of alkyl halides is 1. The van der Waals surface area contributed by atoms with Crippen LogP contribution in [0.5, 0.6) is 0 Å². The van der Waals surface area contributed by atoms with Crippen LogP contribution in [0.25, 0.3) is 5.70 Å². The Kier molecular flexibility index (Phi) is 7.86. The molecule has 0 aliphatic heterocycles. The summed E-state index contributed by atoms with van der Waals surface area (Å²) in [6.07, 6.45) is 6.73. The number of nitrogens with one attached hydrogen (secondary N) is 1. The number of hydrogen-bond donors (Lipinski definition) is 1. The summed E-state index contributed by atoms with van der Waals surface area (Å²) in [6.45, 7) is 14.0. The van der Waals surface area contributed by atoms with Gasteiger partial charge >= 0.3 is 0 Å². The number of hydrogen-bond acceptors (Lipinski definition) is 1. The first-order chi connectivity index (χ1) is 13.2. The summed E-state index contributed by atoms with van der Waals surface area (Å²) in [7, 11) is 0. The molecular formula is C26H36FN. The van der Waals surface area contributed by atoms with Crippen molar-refractivity contribution in [2.75, 3.05) is 5.32 Å². The molecule has 0 atom stereocenters. The van der Waals surface area contributed by atoms with E-state index in [2.05, 4.69) is 56.9 Å². The van der Waals surface area contributed by atoms with Crippen LogP contribution < -0.4 is 5.32 Å². The standard InChI is InChI=1S/C26H36FN/c1-7-9-10-12-21-16-24(26(5,6)27)18-25(17-21)28-20(4)23-14-13-22(11-8-2)19(3)15-23/h13-18,28H,4,7-12H2,1-3,5-6H3. The van der Waals surface area contributed by atoms with Gasteiger partial charge in [-0.15, -0.1) is 0 Å². The molecule has 28 heavy (non-hydrogen) atoms. The number of unbranched alkanes of at least 4 members (excludes halogenated alkanes) is 2. The van der Waals surface area contributed by atoms with Crippen LogP contribution in [-0.4, -0.2) is 0 Å². The zero-order valence-corrected chi connectivity index (χ0v) is 18.3. The quantitative estimate of drug-likeness (QED) is 0.411. The van der Waals surface area contributed by atoms with Gasteiger partial charge in [0.1, 0.15) is 5.67 Å². The second kappa shape index (κ2) is 9.91. The first-order valence-corrected chi connectivity index (χ1v) is 10.6. The van der Waals surface area contributed by atoms with E-state index in [1.54, 1.807) is 13.8 Å². The fraction of sp³-hybridized carbons (Fsp3) is 0.462. The van der Waals surface area contributed by atoms with Crippen LogP contribution in [0.3, 0.4) is 0 Å². The van der Waals surface area contributed by atoms with E-state index in [1.807, 2.05) is 12.1 Å². The molecule has 0 bridgehead atoms. The van der Waals surface area contributed by atoms with Crippen LogP contribution in [0.4, 0.5) is 10.1 Å². The summed E-state index contributed by atoms with van der Waals surface area (Å²) in [5, 5.41) is 3.42. The summed E-state index contributed by atoms with van der Waals surface area (Å²) >= 11 is 0. The second-order valence-electron chi connectivity index (χ2n) is 8.34. The van der Waals surface area contributed by atoms with Gasteiger partial charge in [0.2, 0.25) is 0 Å². The molecule has 0 aliphatic carbocycles. The van der Waals surface area contributed by atoms with Gasteiger partial charge in [0.25, 0.3) is 0 Å². The number of anilines is 1. The molecule has 2 heteroatoms. The molecule has 0 aliphatic rings. The molecule has 0 radical (unpaired) electrons. The van der Waals surface area contributed by atoms with Crippen molar-refractivity contribution in [2.45, 2.75) is 78.8 Å². The minimum atomic E-state index is -1.36. The molecule has 0 amide bonds. The van der Waals surface area contributed by atoms with Crippen molar-refractivity contribution in [3.63, 3.8) is 0 Å². The Morgan fingerprint density at radius 1 is 1.00 bits per heavy atom. The third kappa shape index (κ3) is 6.22. The van der Waals surface area contributed by atoms with Gasteiger partial charge in [0, 0.05) is 11.4 Å². The van der Waals surface area contributed by atoms with Crippen molar-refractivity contribution in [2.24, 2.45) is 0 Å². The van der Waals surface area contributed by atoms with E-state index in [1.165, 1.54) is 29.5 Å². The molecule has 0 saturated carbocycles. The Balaban J connectivity index is 2.24. The molecule has 2 aromatic rings.